The van der Waals surface area contributed by atoms with Crippen molar-refractivity contribution in [2.24, 2.45) is 0 Å². The Hall–Kier alpha value is -3.28. The second-order valence-electron chi connectivity index (χ2n) is 6.01. The molecule has 2 aromatic carbocycles. The SMILES string of the molecule is Cc1ccc(-c2ccc(=O)n(C(C)C(=O)Nc3ccccc3F)n2)cc1. The third kappa shape index (κ3) is 3.69. The van der Waals surface area contributed by atoms with Crippen molar-refractivity contribution in [1.82, 2.24) is 9.78 Å². The molecule has 0 aliphatic rings. The lowest BCUT2D eigenvalue weighted by Gasteiger charge is -2.15. The summed E-state index contributed by atoms with van der Waals surface area (Å²) >= 11 is 0. The summed E-state index contributed by atoms with van der Waals surface area (Å²) in [4.78, 5) is 24.6. The van der Waals surface area contributed by atoms with Gasteiger partial charge in [-0.25, -0.2) is 9.07 Å². The van der Waals surface area contributed by atoms with Gasteiger partial charge in [0.2, 0.25) is 5.91 Å². The van der Waals surface area contributed by atoms with Crippen molar-refractivity contribution in [3.05, 3.63) is 82.4 Å². The normalized spacial score (nSPS) is 11.8. The second-order valence-corrected chi connectivity index (χ2v) is 6.01. The zero-order chi connectivity index (χ0) is 18.7. The van der Waals surface area contributed by atoms with Crippen LogP contribution in [0.15, 0.2) is 65.5 Å². The molecule has 0 saturated heterocycles. The van der Waals surface area contributed by atoms with Crippen LogP contribution in [-0.2, 0) is 4.79 Å². The fraction of sp³-hybridized carbons (Fsp3) is 0.150. The van der Waals surface area contributed by atoms with Crippen molar-refractivity contribution >= 4 is 11.6 Å². The molecule has 0 spiro atoms. The predicted molar refractivity (Wildman–Crippen MR) is 98.4 cm³/mol. The molecular weight excluding hydrogens is 333 g/mol. The Bertz CT molecular complexity index is 996. The van der Waals surface area contributed by atoms with E-state index in [1.807, 2.05) is 31.2 Å². The Morgan fingerprint density at radius 1 is 1.08 bits per heavy atom. The van der Waals surface area contributed by atoms with Gasteiger partial charge >= 0.3 is 0 Å². The minimum atomic E-state index is -0.896. The molecule has 1 heterocycles. The minimum Gasteiger partial charge on any atom is -0.322 e. The van der Waals surface area contributed by atoms with Crippen molar-refractivity contribution in [1.29, 1.82) is 0 Å². The molecule has 5 nitrogen and oxygen atoms in total. The van der Waals surface area contributed by atoms with Gasteiger partial charge in [-0.05, 0) is 32.0 Å². The van der Waals surface area contributed by atoms with Crippen LogP contribution in [-0.4, -0.2) is 15.7 Å². The average molecular weight is 351 g/mol. The largest absolute Gasteiger partial charge is 0.322 e. The topological polar surface area (TPSA) is 64.0 Å². The molecule has 0 saturated carbocycles. The number of amides is 1. The van der Waals surface area contributed by atoms with Crippen LogP contribution in [0.4, 0.5) is 10.1 Å². The molecule has 1 N–H and O–H groups in total. The van der Waals surface area contributed by atoms with Crippen molar-refractivity contribution in [2.45, 2.75) is 19.9 Å². The zero-order valence-corrected chi connectivity index (χ0v) is 14.4. The summed E-state index contributed by atoms with van der Waals surface area (Å²) in [6.07, 6.45) is 0. The van der Waals surface area contributed by atoms with E-state index in [0.29, 0.717) is 5.69 Å². The molecule has 132 valence electrons. The fourth-order valence-corrected chi connectivity index (χ4v) is 2.49. The summed E-state index contributed by atoms with van der Waals surface area (Å²) in [5.41, 5.74) is 2.19. The Balaban J connectivity index is 1.89. The van der Waals surface area contributed by atoms with E-state index in [1.165, 1.54) is 24.3 Å². The van der Waals surface area contributed by atoms with E-state index in [4.69, 9.17) is 0 Å². The molecular formula is C20H18FN3O2. The molecule has 1 amide bonds. The highest BCUT2D eigenvalue weighted by Crippen LogP contribution is 2.18. The number of nitrogens with one attached hydrogen (secondary N) is 1. The maximum absolute atomic E-state index is 13.7. The van der Waals surface area contributed by atoms with Gasteiger partial charge in [0, 0.05) is 11.6 Å². The van der Waals surface area contributed by atoms with Crippen LogP contribution in [0.25, 0.3) is 11.3 Å². The number of carbonyl (C=O) groups excluding carboxylic acids is 1. The first-order valence-corrected chi connectivity index (χ1v) is 8.18. The molecule has 1 unspecified atom stereocenters. The highest BCUT2D eigenvalue weighted by Gasteiger charge is 2.19. The average Bonchev–Trinajstić information content (AvgIpc) is 2.64. The lowest BCUT2D eigenvalue weighted by atomic mass is 10.1. The molecule has 3 rings (SSSR count). The van der Waals surface area contributed by atoms with E-state index >= 15 is 0 Å². The van der Waals surface area contributed by atoms with Gasteiger partial charge in [0.05, 0.1) is 11.4 Å². The third-order valence-electron chi connectivity index (χ3n) is 4.05. The van der Waals surface area contributed by atoms with E-state index < -0.39 is 23.3 Å². The van der Waals surface area contributed by atoms with Crippen LogP contribution in [0.5, 0.6) is 0 Å². The van der Waals surface area contributed by atoms with E-state index in [-0.39, 0.29) is 5.69 Å². The number of para-hydroxylation sites is 1. The number of benzene rings is 2. The number of nitrogens with zero attached hydrogens (tertiary/aromatic N) is 2. The Kier molecular flexibility index (Phi) is 4.93. The number of anilines is 1. The molecule has 0 bridgehead atoms. The van der Waals surface area contributed by atoms with Crippen LogP contribution in [0, 0.1) is 12.7 Å². The molecule has 0 fully saturated rings. The summed E-state index contributed by atoms with van der Waals surface area (Å²) < 4.78 is 14.8. The highest BCUT2D eigenvalue weighted by atomic mass is 19.1. The Morgan fingerprint density at radius 3 is 2.46 bits per heavy atom. The van der Waals surface area contributed by atoms with E-state index in [0.717, 1.165) is 15.8 Å². The van der Waals surface area contributed by atoms with Gasteiger partial charge in [-0.3, -0.25) is 9.59 Å². The van der Waals surface area contributed by atoms with Gasteiger partial charge in [-0.15, -0.1) is 0 Å². The molecule has 3 aromatic rings. The van der Waals surface area contributed by atoms with Crippen molar-refractivity contribution in [3.63, 3.8) is 0 Å². The van der Waals surface area contributed by atoms with Gasteiger partial charge in [0.1, 0.15) is 11.9 Å². The molecule has 0 aliphatic carbocycles. The molecule has 6 heteroatoms. The smallest absolute Gasteiger partial charge is 0.267 e. The van der Waals surface area contributed by atoms with Crippen LogP contribution < -0.4 is 10.9 Å². The first kappa shape index (κ1) is 17.5. The van der Waals surface area contributed by atoms with Gasteiger partial charge in [-0.1, -0.05) is 42.0 Å². The second kappa shape index (κ2) is 7.31. The van der Waals surface area contributed by atoms with E-state index in [9.17, 15) is 14.0 Å². The first-order valence-electron chi connectivity index (χ1n) is 8.18. The number of aryl methyl sites for hydroxylation is 1. The number of halogens is 1. The van der Waals surface area contributed by atoms with Gasteiger partial charge < -0.3 is 5.32 Å². The van der Waals surface area contributed by atoms with Crippen LogP contribution in [0.3, 0.4) is 0 Å². The maximum atomic E-state index is 13.7. The van der Waals surface area contributed by atoms with Gasteiger partial charge in [0.25, 0.3) is 5.56 Å². The summed E-state index contributed by atoms with van der Waals surface area (Å²) in [5, 5.41) is 6.80. The standard InChI is InChI=1S/C20H18FN3O2/c1-13-7-9-15(10-8-13)17-11-12-19(25)24(23-17)14(2)20(26)22-18-6-4-3-5-16(18)21/h3-12,14H,1-2H3,(H,22,26). The number of rotatable bonds is 4. The van der Waals surface area contributed by atoms with E-state index in [2.05, 4.69) is 10.4 Å². The number of hydrogen-bond acceptors (Lipinski definition) is 3. The van der Waals surface area contributed by atoms with Crippen LogP contribution >= 0.6 is 0 Å². The summed E-state index contributed by atoms with van der Waals surface area (Å²) in [7, 11) is 0. The first-order chi connectivity index (χ1) is 12.5. The lowest BCUT2D eigenvalue weighted by molar-refractivity contribution is -0.119. The van der Waals surface area contributed by atoms with Crippen molar-refractivity contribution in [3.8, 4) is 11.3 Å². The van der Waals surface area contributed by atoms with Crippen molar-refractivity contribution < 1.29 is 9.18 Å². The minimum absolute atomic E-state index is 0.0621. The third-order valence-corrected chi connectivity index (χ3v) is 4.05. The van der Waals surface area contributed by atoms with E-state index in [1.54, 1.807) is 19.1 Å². The molecule has 1 atom stereocenters. The Morgan fingerprint density at radius 2 is 1.77 bits per heavy atom. The zero-order valence-electron chi connectivity index (χ0n) is 14.4. The number of carbonyl (C=O) groups is 1. The quantitative estimate of drug-likeness (QED) is 0.782. The number of hydrogen-bond donors (Lipinski definition) is 1. The molecule has 1 aromatic heterocycles. The van der Waals surface area contributed by atoms with Gasteiger partial charge in [0.15, 0.2) is 0 Å². The van der Waals surface area contributed by atoms with Crippen LogP contribution in [0.1, 0.15) is 18.5 Å². The Labute approximate surface area is 150 Å². The molecule has 0 aliphatic heterocycles. The lowest BCUT2D eigenvalue weighted by Crippen LogP contribution is -2.33. The summed E-state index contributed by atoms with van der Waals surface area (Å²) in [6, 6.07) is 15.6. The predicted octanol–water partition coefficient (Wildman–Crippen LogP) is 3.56. The fourth-order valence-electron chi connectivity index (χ4n) is 2.49. The summed E-state index contributed by atoms with van der Waals surface area (Å²) in [6.45, 7) is 3.52. The van der Waals surface area contributed by atoms with Gasteiger partial charge in [-0.2, -0.15) is 5.10 Å². The van der Waals surface area contributed by atoms with Crippen LogP contribution in [0.2, 0.25) is 0 Å². The number of aromatic nitrogens is 2. The summed E-state index contributed by atoms with van der Waals surface area (Å²) in [5.74, 6) is -1.06. The maximum Gasteiger partial charge on any atom is 0.267 e. The van der Waals surface area contributed by atoms with Crippen molar-refractivity contribution in [2.75, 3.05) is 5.32 Å². The monoisotopic (exact) mass is 351 g/mol. The molecule has 26 heavy (non-hydrogen) atoms. The molecule has 0 radical (unpaired) electrons. The highest BCUT2D eigenvalue weighted by molar-refractivity contribution is 5.93.